The Morgan fingerprint density at radius 2 is 2.13 bits per heavy atom. The van der Waals surface area contributed by atoms with Gasteiger partial charge in [-0.25, -0.2) is 0 Å². The lowest BCUT2D eigenvalue weighted by molar-refractivity contribution is 0.0348. The molecule has 0 aromatic carbocycles. The summed E-state index contributed by atoms with van der Waals surface area (Å²) in [7, 11) is 1.64. The molecule has 0 N–H and O–H groups in total. The third-order valence-electron chi connectivity index (χ3n) is 2.41. The van der Waals surface area contributed by atoms with Crippen LogP contribution in [0.1, 0.15) is 13.3 Å². The van der Waals surface area contributed by atoms with Crippen molar-refractivity contribution in [3.63, 3.8) is 0 Å². The first-order chi connectivity index (χ1) is 7.33. The summed E-state index contributed by atoms with van der Waals surface area (Å²) in [6.45, 7) is 7.54. The number of ether oxygens (including phenoxy) is 3. The molecule has 1 heterocycles. The highest BCUT2D eigenvalue weighted by molar-refractivity contribution is 4.79. The van der Waals surface area contributed by atoms with Crippen LogP contribution in [0.2, 0.25) is 0 Å². The summed E-state index contributed by atoms with van der Waals surface area (Å²) in [6.07, 6.45) is 2.72. The predicted molar refractivity (Wildman–Crippen MR) is 58.6 cm³/mol. The number of hydrogen-bond acceptors (Lipinski definition) is 4. The van der Waals surface area contributed by atoms with Crippen LogP contribution < -0.4 is 0 Å². The van der Waals surface area contributed by atoms with Crippen molar-refractivity contribution >= 4 is 0 Å². The molecule has 4 nitrogen and oxygen atoms in total. The number of hydrogen-bond donors (Lipinski definition) is 0. The van der Waals surface area contributed by atoms with E-state index >= 15 is 0 Å². The average molecular weight is 215 g/mol. The topological polar surface area (TPSA) is 30.9 Å². The molecule has 0 amide bonds. The van der Waals surface area contributed by atoms with Crippen LogP contribution in [0.4, 0.5) is 0 Å². The Bertz CT molecular complexity index is 188. The molecule has 0 atom stereocenters. The Morgan fingerprint density at radius 3 is 2.80 bits per heavy atom. The van der Waals surface area contributed by atoms with Gasteiger partial charge in [-0.1, -0.05) is 0 Å². The normalized spacial score (nSPS) is 18.9. The van der Waals surface area contributed by atoms with Crippen molar-refractivity contribution in [2.45, 2.75) is 13.3 Å². The van der Waals surface area contributed by atoms with Gasteiger partial charge in [-0.3, -0.25) is 4.90 Å². The zero-order valence-corrected chi connectivity index (χ0v) is 9.70. The van der Waals surface area contributed by atoms with Crippen molar-refractivity contribution < 1.29 is 14.2 Å². The van der Waals surface area contributed by atoms with Crippen LogP contribution in [-0.4, -0.2) is 51.5 Å². The molecule has 15 heavy (non-hydrogen) atoms. The Kier molecular flexibility index (Phi) is 6.20. The molecule has 1 rings (SSSR count). The van der Waals surface area contributed by atoms with E-state index in [0.717, 1.165) is 51.6 Å². The van der Waals surface area contributed by atoms with Crippen molar-refractivity contribution in [1.82, 2.24) is 4.90 Å². The van der Waals surface area contributed by atoms with Crippen LogP contribution in [0, 0.1) is 0 Å². The van der Waals surface area contributed by atoms with Crippen LogP contribution in [0.25, 0.3) is 0 Å². The van der Waals surface area contributed by atoms with Crippen LogP contribution in [0.5, 0.6) is 0 Å². The van der Waals surface area contributed by atoms with Gasteiger partial charge in [0.1, 0.15) is 12.0 Å². The lowest BCUT2D eigenvalue weighted by Gasteiger charge is -2.26. The van der Waals surface area contributed by atoms with E-state index in [4.69, 9.17) is 14.2 Å². The third kappa shape index (κ3) is 5.64. The first-order valence-corrected chi connectivity index (χ1v) is 5.45. The van der Waals surface area contributed by atoms with E-state index in [1.54, 1.807) is 13.4 Å². The van der Waals surface area contributed by atoms with E-state index in [1.807, 2.05) is 6.92 Å². The van der Waals surface area contributed by atoms with Crippen molar-refractivity contribution in [1.29, 1.82) is 0 Å². The number of nitrogens with zero attached hydrogens (tertiary/aromatic N) is 1. The van der Waals surface area contributed by atoms with Gasteiger partial charge < -0.3 is 14.2 Å². The van der Waals surface area contributed by atoms with E-state index in [-0.39, 0.29) is 0 Å². The van der Waals surface area contributed by atoms with Gasteiger partial charge in [0.2, 0.25) is 0 Å². The molecule has 1 aliphatic heterocycles. The van der Waals surface area contributed by atoms with Gasteiger partial charge in [0.25, 0.3) is 0 Å². The molecule has 0 radical (unpaired) electrons. The van der Waals surface area contributed by atoms with Crippen molar-refractivity contribution in [2.75, 3.05) is 46.6 Å². The van der Waals surface area contributed by atoms with Gasteiger partial charge in [-0.2, -0.15) is 0 Å². The van der Waals surface area contributed by atoms with Crippen LogP contribution in [-0.2, 0) is 14.2 Å². The van der Waals surface area contributed by atoms with Gasteiger partial charge in [-0.05, 0) is 13.3 Å². The number of rotatable bonds is 6. The fraction of sp³-hybridized carbons (Fsp3) is 0.818. The maximum atomic E-state index is 5.33. The maximum absolute atomic E-state index is 5.33. The number of allylic oxidation sites excluding steroid dienone is 1. The molecule has 0 bridgehead atoms. The first-order valence-electron chi connectivity index (χ1n) is 5.45. The summed E-state index contributed by atoms with van der Waals surface area (Å²) in [5.74, 6) is 0.807. The van der Waals surface area contributed by atoms with E-state index in [9.17, 15) is 0 Å². The minimum atomic E-state index is 0.748. The highest BCUT2D eigenvalue weighted by Gasteiger charge is 2.08. The monoisotopic (exact) mass is 215 g/mol. The molecule has 0 aromatic heterocycles. The van der Waals surface area contributed by atoms with Crippen LogP contribution in [0.3, 0.4) is 0 Å². The summed E-state index contributed by atoms with van der Waals surface area (Å²) in [4.78, 5) is 2.40. The molecule has 4 heteroatoms. The highest BCUT2D eigenvalue weighted by Crippen LogP contribution is 1.99. The van der Waals surface area contributed by atoms with E-state index in [0.29, 0.717) is 0 Å². The van der Waals surface area contributed by atoms with E-state index in [1.165, 1.54) is 0 Å². The maximum Gasteiger partial charge on any atom is 0.127 e. The lowest BCUT2D eigenvalue weighted by atomic mass is 10.3. The fourth-order valence-corrected chi connectivity index (χ4v) is 1.42. The first kappa shape index (κ1) is 12.3. The smallest absolute Gasteiger partial charge is 0.127 e. The summed E-state index contributed by atoms with van der Waals surface area (Å²) in [5, 5.41) is 0. The summed E-state index contributed by atoms with van der Waals surface area (Å²) < 4.78 is 15.6. The number of morpholine rings is 1. The van der Waals surface area contributed by atoms with E-state index < -0.39 is 0 Å². The summed E-state index contributed by atoms with van der Waals surface area (Å²) in [6, 6.07) is 0. The zero-order valence-electron chi connectivity index (χ0n) is 9.70. The lowest BCUT2D eigenvalue weighted by Crippen LogP contribution is -2.37. The van der Waals surface area contributed by atoms with Crippen molar-refractivity contribution in [3.05, 3.63) is 12.0 Å². The molecular formula is C11H21NO3. The summed E-state index contributed by atoms with van der Waals surface area (Å²) >= 11 is 0. The molecule has 1 saturated heterocycles. The molecule has 0 unspecified atom stereocenters. The molecule has 0 saturated carbocycles. The standard InChI is InChI=1S/C11H21NO3/c1-11(13-2)10-15-7-3-4-12-5-8-14-9-6-12/h10H,3-9H2,1-2H3/b11-10-. The fourth-order valence-electron chi connectivity index (χ4n) is 1.42. The van der Waals surface area contributed by atoms with Crippen LogP contribution in [0.15, 0.2) is 12.0 Å². The van der Waals surface area contributed by atoms with Crippen molar-refractivity contribution in [3.8, 4) is 0 Å². The minimum absolute atomic E-state index is 0.748. The van der Waals surface area contributed by atoms with Gasteiger partial charge in [0.15, 0.2) is 0 Å². The van der Waals surface area contributed by atoms with Gasteiger partial charge >= 0.3 is 0 Å². The molecule has 1 fully saturated rings. The molecule has 0 spiro atoms. The largest absolute Gasteiger partial charge is 0.498 e. The second-order valence-electron chi connectivity index (χ2n) is 3.61. The molecule has 0 aliphatic carbocycles. The van der Waals surface area contributed by atoms with Crippen LogP contribution >= 0.6 is 0 Å². The molecule has 88 valence electrons. The average Bonchev–Trinajstić information content (AvgIpc) is 2.29. The van der Waals surface area contributed by atoms with Crippen molar-refractivity contribution in [2.24, 2.45) is 0 Å². The van der Waals surface area contributed by atoms with Gasteiger partial charge in [0.05, 0.1) is 26.9 Å². The highest BCUT2D eigenvalue weighted by atomic mass is 16.5. The SMILES string of the molecule is CO/C(C)=C\OCCCN1CCOCC1. The summed E-state index contributed by atoms with van der Waals surface area (Å²) in [5.41, 5.74) is 0. The third-order valence-corrected chi connectivity index (χ3v) is 2.41. The number of methoxy groups -OCH3 is 1. The second kappa shape index (κ2) is 7.54. The molecular weight excluding hydrogens is 194 g/mol. The minimum Gasteiger partial charge on any atom is -0.498 e. The zero-order chi connectivity index (χ0) is 10.9. The Morgan fingerprint density at radius 1 is 1.40 bits per heavy atom. The second-order valence-corrected chi connectivity index (χ2v) is 3.61. The van der Waals surface area contributed by atoms with Gasteiger partial charge in [-0.15, -0.1) is 0 Å². The quantitative estimate of drug-likeness (QED) is 0.492. The van der Waals surface area contributed by atoms with E-state index in [2.05, 4.69) is 4.90 Å². The Balaban J connectivity index is 1.96. The predicted octanol–water partition coefficient (Wildman–Crippen LogP) is 1.23. The Hall–Kier alpha value is -0.740. The Labute approximate surface area is 91.8 Å². The molecule has 0 aromatic rings. The molecule has 1 aliphatic rings. The van der Waals surface area contributed by atoms with Gasteiger partial charge in [0, 0.05) is 19.6 Å².